The Kier molecular flexibility index (Phi) is 6.21. The largest absolute Gasteiger partial charge is 0.416 e. The topological polar surface area (TPSA) is 78.9 Å². The zero-order valence-electron chi connectivity index (χ0n) is 12.8. The summed E-state index contributed by atoms with van der Waals surface area (Å²) in [6.07, 6.45) is -5.59. The monoisotopic (exact) mass is 368 g/mol. The van der Waals surface area contributed by atoms with Crippen molar-refractivity contribution in [2.45, 2.75) is 17.2 Å². The molecule has 2 rings (SSSR count). The predicted molar refractivity (Wildman–Crippen MR) is 79.9 cm³/mol. The number of β-amino-alcohol motifs (C(OH)–C–C–N with tert-alkyl or cyclic N) is 1. The Hall–Kier alpha value is -1.20. The first kappa shape index (κ1) is 19.1. The van der Waals surface area contributed by atoms with Crippen LogP contribution >= 0.6 is 0 Å². The van der Waals surface area contributed by atoms with Crippen molar-refractivity contribution in [3.05, 3.63) is 29.8 Å². The molecule has 10 heteroatoms. The Labute approximate surface area is 138 Å². The van der Waals surface area contributed by atoms with Crippen molar-refractivity contribution in [2.75, 3.05) is 39.4 Å². The van der Waals surface area contributed by atoms with E-state index in [1.165, 1.54) is 0 Å². The maximum absolute atomic E-state index is 12.7. The lowest BCUT2D eigenvalue weighted by Gasteiger charge is -2.28. The number of benzene rings is 1. The number of halogens is 3. The van der Waals surface area contributed by atoms with Crippen molar-refractivity contribution in [2.24, 2.45) is 0 Å². The first-order chi connectivity index (χ1) is 11.2. The number of hydrogen-bond donors (Lipinski definition) is 2. The van der Waals surface area contributed by atoms with Crippen molar-refractivity contribution in [1.82, 2.24) is 9.62 Å². The van der Waals surface area contributed by atoms with Crippen LogP contribution in [0.4, 0.5) is 13.2 Å². The fourth-order valence-corrected chi connectivity index (χ4v) is 3.39. The molecule has 1 aromatic rings. The fraction of sp³-hybridized carbons (Fsp3) is 0.571. The number of aliphatic hydroxyl groups excluding tert-OH is 1. The smallest absolute Gasteiger partial charge is 0.390 e. The van der Waals surface area contributed by atoms with E-state index >= 15 is 0 Å². The Balaban J connectivity index is 1.95. The van der Waals surface area contributed by atoms with Crippen LogP contribution in [0.3, 0.4) is 0 Å². The van der Waals surface area contributed by atoms with Gasteiger partial charge in [0.2, 0.25) is 10.0 Å². The van der Waals surface area contributed by atoms with Crippen LogP contribution in [0.1, 0.15) is 5.56 Å². The van der Waals surface area contributed by atoms with E-state index in [1.54, 1.807) is 0 Å². The van der Waals surface area contributed by atoms with Crippen LogP contribution in [0, 0.1) is 0 Å². The first-order valence-electron chi connectivity index (χ1n) is 7.33. The van der Waals surface area contributed by atoms with Crippen molar-refractivity contribution in [1.29, 1.82) is 0 Å². The number of sulfonamides is 1. The molecule has 1 aliphatic heterocycles. The van der Waals surface area contributed by atoms with Gasteiger partial charge in [0.1, 0.15) is 0 Å². The van der Waals surface area contributed by atoms with E-state index in [4.69, 9.17) is 4.74 Å². The molecule has 0 amide bonds. The van der Waals surface area contributed by atoms with Crippen LogP contribution in [0.5, 0.6) is 0 Å². The summed E-state index contributed by atoms with van der Waals surface area (Å²) in [5.41, 5.74) is -1.04. The number of ether oxygens (including phenoxy) is 1. The average Bonchev–Trinajstić information content (AvgIpc) is 2.53. The third kappa shape index (κ3) is 5.42. The van der Waals surface area contributed by atoms with Crippen LogP contribution in [0.25, 0.3) is 0 Å². The quantitative estimate of drug-likeness (QED) is 0.772. The lowest BCUT2D eigenvalue weighted by molar-refractivity contribution is -0.137. The van der Waals surface area contributed by atoms with E-state index in [2.05, 4.69) is 4.72 Å². The van der Waals surface area contributed by atoms with Gasteiger partial charge < -0.3 is 9.84 Å². The van der Waals surface area contributed by atoms with Crippen molar-refractivity contribution in [3.8, 4) is 0 Å². The van der Waals surface area contributed by atoms with Gasteiger partial charge in [0, 0.05) is 26.2 Å². The highest BCUT2D eigenvalue weighted by atomic mass is 32.2. The molecule has 0 radical (unpaired) electrons. The van der Waals surface area contributed by atoms with E-state index in [9.17, 15) is 26.7 Å². The number of rotatable bonds is 6. The molecule has 1 heterocycles. The summed E-state index contributed by atoms with van der Waals surface area (Å²) in [6.45, 7) is 2.34. The normalized spacial score (nSPS) is 18.5. The van der Waals surface area contributed by atoms with Gasteiger partial charge in [-0.25, -0.2) is 13.1 Å². The molecule has 24 heavy (non-hydrogen) atoms. The van der Waals surface area contributed by atoms with Gasteiger partial charge in [-0.3, -0.25) is 4.90 Å². The van der Waals surface area contributed by atoms with E-state index in [1.807, 2.05) is 4.90 Å². The van der Waals surface area contributed by atoms with Gasteiger partial charge in [-0.05, 0) is 18.2 Å². The van der Waals surface area contributed by atoms with Gasteiger partial charge in [-0.15, -0.1) is 0 Å². The van der Waals surface area contributed by atoms with Crippen LogP contribution in [0.2, 0.25) is 0 Å². The average molecular weight is 368 g/mol. The minimum atomic E-state index is -4.62. The Morgan fingerprint density at radius 3 is 2.58 bits per heavy atom. The minimum Gasteiger partial charge on any atom is -0.390 e. The van der Waals surface area contributed by atoms with Crippen LogP contribution in [-0.2, 0) is 20.9 Å². The van der Waals surface area contributed by atoms with Gasteiger partial charge in [0.15, 0.2) is 0 Å². The molecular formula is C14H19F3N2O4S. The van der Waals surface area contributed by atoms with E-state index in [0.717, 1.165) is 18.2 Å². The number of nitrogens with one attached hydrogen (secondary N) is 1. The highest BCUT2D eigenvalue weighted by molar-refractivity contribution is 7.89. The van der Waals surface area contributed by atoms with Gasteiger partial charge in [0.05, 0.1) is 29.8 Å². The number of nitrogens with zero attached hydrogens (tertiary/aromatic N) is 1. The summed E-state index contributed by atoms with van der Waals surface area (Å²) < 4.78 is 69.5. The fourth-order valence-electron chi connectivity index (χ4n) is 2.28. The molecule has 2 N–H and O–H groups in total. The van der Waals surface area contributed by atoms with Crippen molar-refractivity contribution < 1.29 is 31.4 Å². The Morgan fingerprint density at radius 1 is 1.29 bits per heavy atom. The molecule has 136 valence electrons. The Morgan fingerprint density at radius 2 is 1.96 bits per heavy atom. The lowest BCUT2D eigenvalue weighted by atomic mass is 10.2. The third-order valence-electron chi connectivity index (χ3n) is 3.55. The molecule has 1 aromatic carbocycles. The van der Waals surface area contributed by atoms with Crippen molar-refractivity contribution >= 4 is 10.0 Å². The second-order valence-electron chi connectivity index (χ2n) is 5.44. The zero-order chi connectivity index (χ0) is 17.8. The van der Waals surface area contributed by atoms with Gasteiger partial charge in [0.25, 0.3) is 0 Å². The summed E-state index contributed by atoms with van der Waals surface area (Å²) in [5, 5.41) is 9.91. The molecule has 0 aliphatic carbocycles. The number of alkyl halides is 3. The molecule has 1 unspecified atom stereocenters. The van der Waals surface area contributed by atoms with E-state index < -0.39 is 32.8 Å². The summed E-state index contributed by atoms with van der Waals surface area (Å²) in [5.74, 6) is 0. The first-order valence-corrected chi connectivity index (χ1v) is 8.82. The molecule has 1 aliphatic rings. The lowest BCUT2D eigenvalue weighted by Crippen LogP contribution is -2.44. The molecule has 1 atom stereocenters. The van der Waals surface area contributed by atoms with Crippen LogP contribution in [0.15, 0.2) is 29.2 Å². The van der Waals surface area contributed by atoms with Gasteiger partial charge >= 0.3 is 6.18 Å². The third-order valence-corrected chi connectivity index (χ3v) is 4.97. The standard InChI is InChI=1S/C14H19F3N2O4S/c15-14(16,17)11-2-1-3-13(8-11)24(21,22)18-9-12(20)10-19-4-6-23-7-5-19/h1-3,8,12,18,20H,4-7,9-10H2. The molecule has 0 bridgehead atoms. The maximum atomic E-state index is 12.7. The highest BCUT2D eigenvalue weighted by Gasteiger charge is 2.31. The second-order valence-corrected chi connectivity index (χ2v) is 7.21. The number of morpholine rings is 1. The van der Waals surface area contributed by atoms with Crippen LogP contribution < -0.4 is 4.72 Å². The molecule has 6 nitrogen and oxygen atoms in total. The molecule has 1 saturated heterocycles. The number of hydrogen-bond acceptors (Lipinski definition) is 5. The summed E-state index contributed by atoms with van der Waals surface area (Å²) in [7, 11) is -4.13. The van der Waals surface area contributed by atoms with Crippen molar-refractivity contribution in [3.63, 3.8) is 0 Å². The second kappa shape index (κ2) is 7.79. The summed E-state index contributed by atoms with van der Waals surface area (Å²) in [6, 6.07) is 3.47. The van der Waals surface area contributed by atoms with E-state index in [0.29, 0.717) is 32.4 Å². The molecule has 0 spiro atoms. The zero-order valence-corrected chi connectivity index (χ0v) is 13.6. The van der Waals surface area contributed by atoms with Gasteiger partial charge in [-0.1, -0.05) is 6.07 Å². The molecule has 1 fully saturated rings. The van der Waals surface area contributed by atoms with E-state index in [-0.39, 0.29) is 13.1 Å². The predicted octanol–water partition coefficient (Wildman–Crippen LogP) is 0.677. The minimum absolute atomic E-state index is 0.258. The molecular weight excluding hydrogens is 349 g/mol. The number of aliphatic hydroxyl groups is 1. The Bertz CT molecular complexity index is 646. The maximum Gasteiger partial charge on any atom is 0.416 e. The van der Waals surface area contributed by atoms with Gasteiger partial charge in [-0.2, -0.15) is 13.2 Å². The summed E-state index contributed by atoms with van der Waals surface area (Å²) >= 11 is 0. The molecule has 0 saturated carbocycles. The highest BCUT2D eigenvalue weighted by Crippen LogP contribution is 2.30. The summed E-state index contributed by atoms with van der Waals surface area (Å²) in [4.78, 5) is 1.43. The molecule has 0 aromatic heterocycles. The SMILES string of the molecule is O=S(=O)(NCC(O)CN1CCOCC1)c1cccc(C(F)(F)F)c1. The van der Waals surface area contributed by atoms with Crippen LogP contribution in [-0.4, -0.2) is 63.9 Å².